The number of aromatic nitrogens is 2. The first-order valence-electron chi connectivity index (χ1n) is 8.54. The van der Waals surface area contributed by atoms with E-state index in [0.29, 0.717) is 11.6 Å². The van der Waals surface area contributed by atoms with E-state index in [1.807, 2.05) is 47.4 Å². The zero-order valence-electron chi connectivity index (χ0n) is 14.7. The Morgan fingerprint density at radius 1 is 1.14 bits per heavy atom. The molecule has 1 aliphatic heterocycles. The molecule has 2 heterocycles. The van der Waals surface area contributed by atoms with Gasteiger partial charge in [-0.05, 0) is 29.8 Å². The van der Waals surface area contributed by atoms with Gasteiger partial charge < -0.3 is 16.0 Å². The summed E-state index contributed by atoms with van der Waals surface area (Å²) in [4.78, 5) is 23.6. The van der Waals surface area contributed by atoms with E-state index in [1.54, 1.807) is 18.5 Å². The van der Waals surface area contributed by atoms with Crippen molar-refractivity contribution in [3.63, 3.8) is 0 Å². The van der Waals surface area contributed by atoms with E-state index in [1.165, 1.54) is 11.8 Å². The molecule has 1 atom stereocenters. The van der Waals surface area contributed by atoms with Crippen molar-refractivity contribution in [3.05, 3.63) is 71.5 Å². The smallest absolute Gasteiger partial charge is 0.323 e. The van der Waals surface area contributed by atoms with Crippen LogP contribution in [0.25, 0.3) is 0 Å². The lowest BCUT2D eigenvalue weighted by atomic mass is 10.1. The summed E-state index contributed by atoms with van der Waals surface area (Å²) in [6.07, 6.45) is 3.12. The third kappa shape index (κ3) is 3.62. The van der Waals surface area contributed by atoms with Crippen molar-refractivity contribution >= 4 is 46.7 Å². The third-order valence-corrected chi connectivity index (χ3v) is 5.63. The number of thioether (sulfide) groups is 1. The van der Waals surface area contributed by atoms with Crippen molar-refractivity contribution in [2.24, 2.45) is 5.73 Å². The molecule has 2 amide bonds. The van der Waals surface area contributed by atoms with Crippen molar-refractivity contribution in [2.75, 3.05) is 10.2 Å². The third-order valence-electron chi connectivity index (χ3n) is 4.17. The molecule has 7 nitrogen and oxygen atoms in total. The number of halogens is 1. The van der Waals surface area contributed by atoms with Crippen LogP contribution in [0.2, 0.25) is 5.02 Å². The van der Waals surface area contributed by atoms with Crippen LogP contribution < -0.4 is 21.3 Å². The van der Waals surface area contributed by atoms with E-state index in [-0.39, 0.29) is 5.95 Å². The fourth-order valence-corrected chi connectivity index (χ4v) is 4.46. The molecule has 142 valence electrons. The average molecular weight is 413 g/mol. The summed E-state index contributed by atoms with van der Waals surface area (Å²) in [5, 5.41) is 6.17. The molecule has 28 heavy (non-hydrogen) atoms. The molecule has 0 bridgehead atoms. The first-order valence-corrected chi connectivity index (χ1v) is 9.80. The van der Waals surface area contributed by atoms with E-state index in [9.17, 15) is 4.79 Å². The number of nitrogens with zero attached hydrogens (tertiary/aromatic N) is 3. The maximum Gasteiger partial charge on any atom is 0.323 e. The largest absolute Gasteiger partial charge is 0.326 e. The molecule has 0 spiro atoms. The Kier molecular flexibility index (Phi) is 5.34. The molecule has 4 rings (SSSR count). The zero-order chi connectivity index (χ0) is 19.5. The number of para-hydroxylation sites is 2. The summed E-state index contributed by atoms with van der Waals surface area (Å²) < 4.78 is 0. The summed E-state index contributed by atoms with van der Waals surface area (Å²) in [6.45, 7) is 0.329. The Balaban J connectivity index is 1.66. The van der Waals surface area contributed by atoms with Crippen molar-refractivity contribution < 1.29 is 4.79 Å². The first-order chi connectivity index (χ1) is 13.7. The van der Waals surface area contributed by atoms with Gasteiger partial charge in [0.2, 0.25) is 5.95 Å². The van der Waals surface area contributed by atoms with Crippen LogP contribution in [0, 0.1) is 0 Å². The van der Waals surface area contributed by atoms with Gasteiger partial charge in [-0.15, -0.1) is 0 Å². The van der Waals surface area contributed by atoms with Crippen LogP contribution in [0.4, 0.5) is 22.1 Å². The average Bonchev–Trinajstić information content (AvgIpc) is 3.05. The van der Waals surface area contributed by atoms with Gasteiger partial charge in [-0.25, -0.2) is 14.8 Å². The lowest BCUT2D eigenvalue weighted by Gasteiger charge is -2.29. The van der Waals surface area contributed by atoms with Crippen LogP contribution in [-0.4, -0.2) is 21.5 Å². The highest BCUT2D eigenvalue weighted by atomic mass is 35.5. The van der Waals surface area contributed by atoms with Gasteiger partial charge in [0, 0.05) is 23.8 Å². The molecule has 1 unspecified atom stereocenters. The zero-order valence-corrected chi connectivity index (χ0v) is 16.2. The van der Waals surface area contributed by atoms with Gasteiger partial charge in [-0.2, -0.15) is 0 Å². The maximum atomic E-state index is 12.5. The van der Waals surface area contributed by atoms with Gasteiger partial charge in [0.1, 0.15) is 0 Å². The monoisotopic (exact) mass is 412 g/mol. The Labute approximate surface area is 171 Å². The minimum Gasteiger partial charge on any atom is -0.326 e. The Bertz CT molecular complexity index is 1000. The summed E-state index contributed by atoms with van der Waals surface area (Å²) >= 11 is 8.05. The standard InChI is InChI=1S/C19H17ClN6OS/c20-13-6-3-5-12(11-21)16(13)26-14-7-1-2-8-15(14)28-19(26)25-18(27)24-17-22-9-4-10-23-17/h1-10,19H,11,21H2,(H2,22,23,24,25,27). The molecule has 0 fully saturated rings. The molecule has 1 aromatic heterocycles. The highest BCUT2D eigenvalue weighted by Gasteiger charge is 2.34. The number of nitrogens with two attached hydrogens (primary N) is 1. The number of fused-ring (bicyclic) bond motifs is 1. The number of rotatable bonds is 4. The number of carbonyl (C=O) groups is 1. The second kappa shape index (κ2) is 8.05. The van der Waals surface area contributed by atoms with Gasteiger partial charge in [0.15, 0.2) is 5.50 Å². The number of hydrogen-bond acceptors (Lipinski definition) is 6. The first kappa shape index (κ1) is 18.5. The SMILES string of the molecule is NCc1cccc(Cl)c1N1c2ccccc2SC1NC(=O)Nc1ncccn1. The molecule has 2 aromatic carbocycles. The molecule has 0 radical (unpaired) electrons. The lowest BCUT2D eigenvalue weighted by molar-refractivity contribution is 0.251. The van der Waals surface area contributed by atoms with Gasteiger partial charge >= 0.3 is 6.03 Å². The predicted molar refractivity (Wildman–Crippen MR) is 112 cm³/mol. The van der Waals surface area contributed by atoms with Crippen LogP contribution in [-0.2, 0) is 6.54 Å². The van der Waals surface area contributed by atoms with Gasteiger partial charge in [0.25, 0.3) is 0 Å². The van der Waals surface area contributed by atoms with Crippen LogP contribution >= 0.6 is 23.4 Å². The molecular formula is C19H17ClN6OS. The summed E-state index contributed by atoms with van der Waals surface area (Å²) in [5.74, 6) is 0.229. The van der Waals surface area contributed by atoms with Crippen molar-refractivity contribution in [3.8, 4) is 0 Å². The predicted octanol–water partition coefficient (Wildman–Crippen LogP) is 3.94. The topological polar surface area (TPSA) is 96.2 Å². The van der Waals surface area contributed by atoms with Crippen molar-refractivity contribution in [1.82, 2.24) is 15.3 Å². The lowest BCUT2D eigenvalue weighted by Crippen LogP contribution is -2.44. The summed E-state index contributed by atoms with van der Waals surface area (Å²) in [6, 6.07) is 14.8. The number of nitrogens with one attached hydrogen (secondary N) is 2. The number of amides is 2. The summed E-state index contributed by atoms with van der Waals surface area (Å²) in [7, 11) is 0. The van der Waals surface area contributed by atoms with Gasteiger partial charge in [0.05, 0.1) is 16.4 Å². The molecule has 1 aliphatic rings. The minimum atomic E-state index is -0.414. The molecule has 3 aromatic rings. The van der Waals surface area contributed by atoms with Crippen LogP contribution in [0.5, 0.6) is 0 Å². The van der Waals surface area contributed by atoms with E-state index >= 15 is 0 Å². The highest BCUT2D eigenvalue weighted by molar-refractivity contribution is 8.00. The molecular weight excluding hydrogens is 396 g/mol. The molecule has 0 saturated carbocycles. The van der Waals surface area contributed by atoms with Gasteiger partial charge in [-0.1, -0.05) is 47.6 Å². The molecule has 0 aliphatic carbocycles. The second-order valence-corrected chi connectivity index (χ2v) is 7.46. The van der Waals surface area contributed by atoms with Crippen molar-refractivity contribution in [1.29, 1.82) is 0 Å². The minimum absolute atomic E-state index is 0.229. The number of hydrogen-bond donors (Lipinski definition) is 3. The second-order valence-electron chi connectivity index (χ2n) is 5.93. The quantitative estimate of drug-likeness (QED) is 0.600. The Morgan fingerprint density at radius 2 is 1.93 bits per heavy atom. The maximum absolute atomic E-state index is 12.5. The van der Waals surface area contributed by atoms with E-state index in [0.717, 1.165) is 21.8 Å². The number of anilines is 3. The van der Waals surface area contributed by atoms with Gasteiger partial charge in [-0.3, -0.25) is 5.32 Å². The fraction of sp³-hybridized carbons (Fsp3) is 0.105. The number of benzene rings is 2. The number of urea groups is 1. The Hall–Kier alpha value is -2.81. The van der Waals surface area contributed by atoms with Crippen LogP contribution in [0.15, 0.2) is 65.8 Å². The molecule has 4 N–H and O–H groups in total. The molecule has 0 saturated heterocycles. The Morgan fingerprint density at radius 3 is 2.71 bits per heavy atom. The number of carbonyl (C=O) groups excluding carboxylic acids is 1. The highest BCUT2D eigenvalue weighted by Crippen LogP contribution is 2.49. The van der Waals surface area contributed by atoms with Crippen LogP contribution in [0.3, 0.4) is 0 Å². The van der Waals surface area contributed by atoms with Crippen molar-refractivity contribution in [2.45, 2.75) is 16.9 Å². The van der Waals surface area contributed by atoms with Crippen LogP contribution in [0.1, 0.15) is 5.56 Å². The van der Waals surface area contributed by atoms with E-state index < -0.39 is 11.5 Å². The van der Waals surface area contributed by atoms with E-state index in [4.69, 9.17) is 17.3 Å². The van der Waals surface area contributed by atoms with E-state index in [2.05, 4.69) is 20.6 Å². The molecule has 9 heteroatoms. The summed E-state index contributed by atoms with van der Waals surface area (Å²) in [5.41, 5.74) is 8.17. The normalized spacial score (nSPS) is 15.2. The fourth-order valence-electron chi connectivity index (χ4n) is 2.99.